The van der Waals surface area contributed by atoms with Gasteiger partial charge in [-0.3, -0.25) is 9.59 Å². The van der Waals surface area contributed by atoms with Crippen LogP contribution in [0.3, 0.4) is 0 Å². The predicted octanol–water partition coefficient (Wildman–Crippen LogP) is 3.82. The number of aryl methyl sites for hydroxylation is 1. The maximum Gasteiger partial charge on any atom is 0.244 e. The van der Waals surface area contributed by atoms with Crippen LogP contribution >= 0.6 is 11.6 Å². The van der Waals surface area contributed by atoms with Gasteiger partial charge in [-0.2, -0.15) is 0 Å². The molecule has 0 aliphatic rings. The normalized spacial score (nSPS) is 10.6. The molecule has 5 nitrogen and oxygen atoms in total. The Balaban J connectivity index is 1.74. The molecule has 136 valence electrons. The molecule has 2 N–H and O–H groups in total. The maximum absolute atomic E-state index is 11.9. The third-order valence-electron chi connectivity index (χ3n) is 3.59. The second-order valence-corrected chi connectivity index (χ2v) is 6.09. The van der Waals surface area contributed by atoms with E-state index in [0.717, 1.165) is 16.9 Å². The minimum absolute atomic E-state index is 0.159. The predicted molar refractivity (Wildman–Crippen MR) is 104 cm³/mol. The van der Waals surface area contributed by atoms with Crippen LogP contribution in [0.2, 0.25) is 5.02 Å². The SMILES string of the molecule is COc1ccc(C=CC(=O)NCCC(=O)Nc2ccc(C)cc2Cl)cc1. The molecular weight excluding hydrogens is 352 g/mol. The Kier molecular flexibility index (Phi) is 7.24. The fraction of sp³-hybridized carbons (Fsp3) is 0.200. The summed E-state index contributed by atoms with van der Waals surface area (Å²) in [5.74, 6) is 0.281. The van der Waals surface area contributed by atoms with E-state index in [2.05, 4.69) is 10.6 Å². The Morgan fingerprint density at radius 3 is 2.54 bits per heavy atom. The van der Waals surface area contributed by atoms with E-state index in [0.29, 0.717) is 10.7 Å². The van der Waals surface area contributed by atoms with Crippen LogP contribution in [0.25, 0.3) is 6.08 Å². The molecule has 6 heteroatoms. The number of carbonyl (C=O) groups excluding carboxylic acids is 2. The largest absolute Gasteiger partial charge is 0.497 e. The van der Waals surface area contributed by atoms with Crippen molar-refractivity contribution < 1.29 is 14.3 Å². The quantitative estimate of drug-likeness (QED) is 0.726. The van der Waals surface area contributed by atoms with Gasteiger partial charge in [-0.25, -0.2) is 0 Å². The number of hydrogen-bond acceptors (Lipinski definition) is 3. The molecule has 0 saturated carbocycles. The molecule has 26 heavy (non-hydrogen) atoms. The minimum Gasteiger partial charge on any atom is -0.497 e. The fourth-order valence-electron chi connectivity index (χ4n) is 2.18. The van der Waals surface area contributed by atoms with Crippen LogP contribution in [0.5, 0.6) is 5.75 Å². The van der Waals surface area contributed by atoms with Gasteiger partial charge in [0.05, 0.1) is 17.8 Å². The van der Waals surface area contributed by atoms with Crippen LogP contribution in [0.1, 0.15) is 17.5 Å². The molecule has 0 aromatic heterocycles. The van der Waals surface area contributed by atoms with Crippen molar-refractivity contribution in [3.63, 3.8) is 0 Å². The summed E-state index contributed by atoms with van der Waals surface area (Å²) >= 11 is 6.08. The molecule has 0 unspecified atom stereocenters. The van der Waals surface area contributed by atoms with Gasteiger partial charge in [0.2, 0.25) is 11.8 Å². The zero-order chi connectivity index (χ0) is 18.9. The Morgan fingerprint density at radius 2 is 1.88 bits per heavy atom. The lowest BCUT2D eigenvalue weighted by Crippen LogP contribution is -2.26. The summed E-state index contributed by atoms with van der Waals surface area (Å²) in [4.78, 5) is 23.7. The highest BCUT2D eigenvalue weighted by molar-refractivity contribution is 6.33. The van der Waals surface area contributed by atoms with E-state index < -0.39 is 0 Å². The summed E-state index contributed by atoms with van der Waals surface area (Å²) < 4.78 is 5.08. The van der Waals surface area contributed by atoms with Crippen molar-refractivity contribution in [2.24, 2.45) is 0 Å². The molecule has 0 saturated heterocycles. The van der Waals surface area contributed by atoms with Crippen LogP contribution in [-0.4, -0.2) is 25.5 Å². The van der Waals surface area contributed by atoms with Crippen LogP contribution in [0.15, 0.2) is 48.5 Å². The molecular formula is C20H21ClN2O3. The molecule has 0 radical (unpaired) electrons. The average Bonchev–Trinajstić information content (AvgIpc) is 2.63. The molecule has 0 atom stereocenters. The Morgan fingerprint density at radius 1 is 1.15 bits per heavy atom. The van der Waals surface area contributed by atoms with E-state index in [1.165, 1.54) is 6.08 Å². The lowest BCUT2D eigenvalue weighted by molar-refractivity contribution is -0.117. The lowest BCUT2D eigenvalue weighted by Gasteiger charge is -2.08. The van der Waals surface area contributed by atoms with E-state index in [9.17, 15) is 9.59 Å². The van der Waals surface area contributed by atoms with E-state index in [4.69, 9.17) is 16.3 Å². The summed E-state index contributed by atoms with van der Waals surface area (Å²) in [6.45, 7) is 2.16. The fourth-order valence-corrected chi connectivity index (χ4v) is 2.46. The van der Waals surface area contributed by atoms with Gasteiger partial charge in [-0.05, 0) is 48.4 Å². The van der Waals surface area contributed by atoms with Gasteiger partial charge in [0, 0.05) is 19.0 Å². The van der Waals surface area contributed by atoms with Crippen molar-refractivity contribution in [2.75, 3.05) is 19.0 Å². The number of methoxy groups -OCH3 is 1. The van der Waals surface area contributed by atoms with Gasteiger partial charge in [0.25, 0.3) is 0 Å². The molecule has 0 heterocycles. The number of hydrogen-bond donors (Lipinski definition) is 2. The number of amides is 2. The van der Waals surface area contributed by atoms with Gasteiger partial charge >= 0.3 is 0 Å². The van der Waals surface area contributed by atoms with Crippen molar-refractivity contribution >= 4 is 35.2 Å². The summed E-state index contributed by atoms with van der Waals surface area (Å²) in [7, 11) is 1.60. The Hall–Kier alpha value is -2.79. The van der Waals surface area contributed by atoms with Gasteiger partial charge in [0.1, 0.15) is 5.75 Å². The smallest absolute Gasteiger partial charge is 0.244 e. The topological polar surface area (TPSA) is 67.4 Å². The molecule has 0 fully saturated rings. The first kappa shape index (κ1) is 19.5. The number of benzene rings is 2. The number of carbonyl (C=O) groups is 2. The van der Waals surface area contributed by atoms with Gasteiger partial charge < -0.3 is 15.4 Å². The van der Waals surface area contributed by atoms with Crippen molar-refractivity contribution in [3.8, 4) is 5.75 Å². The summed E-state index contributed by atoms with van der Waals surface area (Å²) in [5.41, 5.74) is 2.46. The van der Waals surface area contributed by atoms with Crippen LogP contribution in [-0.2, 0) is 9.59 Å². The van der Waals surface area contributed by atoms with Crippen LogP contribution < -0.4 is 15.4 Å². The number of anilines is 1. The number of ether oxygens (including phenoxy) is 1. The van der Waals surface area contributed by atoms with E-state index >= 15 is 0 Å². The number of rotatable bonds is 7. The number of nitrogens with one attached hydrogen (secondary N) is 2. The van der Waals surface area contributed by atoms with Crippen molar-refractivity contribution in [3.05, 3.63) is 64.7 Å². The van der Waals surface area contributed by atoms with Gasteiger partial charge in [0.15, 0.2) is 0 Å². The molecule has 2 aromatic carbocycles. The monoisotopic (exact) mass is 372 g/mol. The third kappa shape index (κ3) is 6.26. The van der Waals surface area contributed by atoms with Crippen molar-refractivity contribution in [1.29, 1.82) is 0 Å². The summed E-state index contributed by atoms with van der Waals surface area (Å²) in [6, 6.07) is 12.7. The van der Waals surface area contributed by atoms with Crippen molar-refractivity contribution in [2.45, 2.75) is 13.3 Å². The molecule has 0 aliphatic carbocycles. The average molecular weight is 373 g/mol. The van der Waals surface area contributed by atoms with Crippen molar-refractivity contribution in [1.82, 2.24) is 5.32 Å². The number of halogens is 1. The Labute approximate surface area is 158 Å². The summed E-state index contributed by atoms with van der Waals surface area (Å²) in [6.07, 6.45) is 3.28. The first-order valence-corrected chi connectivity index (χ1v) is 8.51. The first-order chi connectivity index (χ1) is 12.5. The molecule has 0 aliphatic heterocycles. The highest BCUT2D eigenvalue weighted by atomic mass is 35.5. The highest BCUT2D eigenvalue weighted by Crippen LogP contribution is 2.22. The molecule has 0 spiro atoms. The first-order valence-electron chi connectivity index (χ1n) is 8.14. The second kappa shape index (κ2) is 9.63. The highest BCUT2D eigenvalue weighted by Gasteiger charge is 2.06. The van der Waals surface area contributed by atoms with E-state index in [1.54, 1.807) is 25.3 Å². The second-order valence-electron chi connectivity index (χ2n) is 5.68. The minimum atomic E-state index is -0.262. The maximum atomic E-state index is 11.9. The van der Waals surface area contributed by atoms with Crippen LogP contribution in [0.4, 0.5) is 5.69 Å². The molecule has 2 amide bonds. The van der Waals surface area contributed by atoms with E-state index in [-0.39, 0.29) is 24.8 Å². The molecule has 2 aromatic rings. The van der Waals surface area contributed by atoms with Crippen LogP contribution in [0, 0.1) is 6.92 Å². The Bertz CT molecular complexity index is 801. The van der Waals surface area contributed by atoms with Gasteiger partial charge in [-0.15, -0.1) is 0 Å². The molecule has 0 bridgehead atoms. The lowest BCUT2D eigenvalue weighted by atomic mass is 10.2. The molecule has 2 rings (SSSR count). The zero-order valence-electron chi connectivity index (χ0n) is 14.7. The third-order valence-corrected chi connectivity index (χ3v) is 3.91. The summed E-state index contributed by atoms with van der Waals surface area (Å²) in [5, 5.41) is 5.89. The van der Waals surface area contributed by atoms with E-state index in [1.807, 2.05) is 37.3 Å². The zero-order valence-corrected chi connectivity index (χ0v) is 15.5. The standard InChI is InChI=1S/C20H21ClN2O3/c1-14-3-9-18(17(21)13-14)23-20(25)11-12-22-19(24)10-6-15-4-7-16(26-2)8-5-15/h3-10,13H,11-12H2,1-2H3,(H,22,24)(H,23,25). The van der Waals surface area contributed by atoms with Gasteiger partial charge in [-0.1, -0.05) is 29.8 Å².